The maximum absolute atomic E-state index is 13.5. The van der Waals surface area contributed by atoms with Gasteiger partial charge in [0.25, 0.3) is 0 Å². The topological polar surface area (TPSA) is 134 Å². The van der Waals surface area contributed by atoms with Crippen molar-refractivity contribution in [1.82, 2.24) is 15.5 Å². The highest BCUT2D eigenvalue weighted by atomic mass is 16.6. The molecule has 3 aliphatic rings. The van der Waals surface area contributed by atoms with E-state index in [2.05, 4.69) is 10.6 Å². The Morgan fingerprint density at radius 3 is 2.69 bits per heavy atom. The Bertz CT molecular complexity index is 852. The van der Waals surface area contributed by atoms with Crippen molar-refractivity contribution in [2.24, 2.45) is 5.92 Å². The van der Waals surface area contributed by atoms with Crippen molar-refractivity contribution in [3.05, 3.63) is 12.2 Å². The third kappa shape index (κ3) is 6.74. The number of hydrogen-bond donors (Lipinski definition) is 3. The van der Waals surface area contributed by atoms with Gasteiger partial charge in [-0.05, 0) is 53.4 Å². The third-order valence-electron chi connectivity index (χ3n) is 6.59. The molecule has 1 aliphatic carbocycles. The van der Waals surface area contributed by atoms with Crippen LogP contribution < -0.4 is 10.6 Å². The first-order chi connectivity index (χ1) is 16.5. The predicted molar refractivity (Wildman–Crippen MR) is 127 cm³/mol. The smallest absolute Gasteiger partial charge is 0.408 e. The number of rotatable bonds is 3. The molecule has 0 aromatic carbocycles. The van der Waals surface area contributed by atoms with E-state index >= 15 is 0 Å². The average molecular weight is 494 g/mol. The van der Waals surface area contributed by atoms with Crippen LogP contribution in [0.2, 0.25) is 0 Å². The lowest BCUT2D eigenvalue weighted by molar-refractivity contribution is -0.150. The van der Waals surface area contributed by atoms with Crippen LogP contribution in [0, 0.1) is 5.92 Å². The second-order valence-corrected chi connectivity index (χ2v) is 10.7. The molecular weight excluding hydrogens is 454 g/mol. The maximum Gasteiger partial charge on any atom is 0.408 e. The second-order valence-electron chi connectivity index (χ2n) is 10.7. The quantitative estimate of drug-likeness (QED) is 0.403. The molecule has 0 aromatic rings. The zero-order valence-corrected chi connectivity index (χ0v) is 21.2. The molecule has 2 fully saturated rings. The molecule has 0 aromatic heterocycles. The Morgan fingerprint density at radius 2 is 2.00 bits per heavy atom. The number of carbonyl (C=O) groups is 4. The van der Waals surface area contributed by atoms with Crippen LogP contribution in [0.4, 0.5) is 4.79 Å². The number of aliphatic hydroxyl groups is 1. The molecule has 0 radical (unpaired) electrons. The Morgan fingerprint density at radius 1 is 1.26 bits per heavy atom. The van der Waals surface area contributed by atoms with Crippen molar-refractivity contribution in [2.75, 3.05) is 13.2 Å². The van der Waals surface area contributed by atoms with E-state index in [1.807, 2.05) is 12.2 Å². The summed E-state index contributed by atoms with van der Waals surface area (Å²) < 4.78 is 10.6. The van der Waals surface area contributed by atoms with Crippen LogP contribution in [-0.2, 0) is 23.9 Å². The molecule has 1 saturated heterocycles. The summed E-state index contributed by atoms with van der Waals surface area (Å²) in [6, 6.07) is -1.85. The van der Waals surface area contributed by atoms with E-state index < -0.39 is 53.2 Å². The average Bonchev–Trinajstić information content (AvgIpc) is 3.30. The summed E-state index contributed by atoms with van der Waals surface area (Å²) in [6.07, 6.45) is 6.49. The zero-order chi connectivity index (χ0) is 25.8. The molecule has 1 unspecified atom stereocenters. The summed E-state index contributed by atoms with van der Waals surface area (Å²) in [6.45, 7) is 7.08. The van der Waals surface area contributed by atoms with E-state index in [-0.39, 0.29) is 25.5 Å². The van der Waals surface area contributed by atoms with Crippen molar-refractivity contribution < 1.29 is 33.8 Å². The van der Waals surface area contributed by atoms with E-state index in [4.69, 9.17) is 9.47 Å². The summed E-state index contributed by atoms with van der Waals surface area (Å²) >= 11 is 0. The van der Waals surface area contributed by atoms with Gasteiger partial charge in [0.1, 0.15) is 23.2 Å². The van der Waals surface area contributed by atoms with E-state index in [9.17, 15) is 24.3 Å². The maximum atomic E-state index is 13.5. The zero-order valence-electron chi connectivity index (χ0n) is 21.2. The van der Waals surface area contributed by atoms with Crippen LogP contribution in [0.15, 0.2) is 12.2 Å². The van der Waals surface area contributed by atoms with Crippen LogP contribution >= 0.6 is 0 Å². The Hall–Kier alpha value is -2.62. The van der Waals surface area contributed by atoms with Gasteiger partial charge in [-0.2, -0.15) is 0 Å². The minimum Gasteiger partial charge on any atom is -0.464 e. The molecule has 0 spiro atoms. The number of carbonyl (C=O) groups excluding carboxylic acids is 4. The van der Waals surface area contributed by atoms with Gasteiger partial charge < -0.3 is 30.1 Å². The number of aliphatic hydroxyl groups excluding tert-OH is 1. The second kappa shape index (κ2) is 11.0. The number of fused-ring (bicyclic) bond motifs is 2. The lowest BCUT2D eigenvalue weighted by Gasteiger charge is -2.30. The summed E-state index contributed by atoms with van der Waals surface area (Å²) in [5.74, 6) is -1.62. The first-order valence-electron chi connectivity index (χ1n) is 12.6. The fraction of sp³-hybridized carbons (Fsp3) is 0.760. The fourth-order valence-corrected chi connectivity index (χ4v) is 4.77. The molecule has 35 heavy (non-hydrogen) atoms. The lowest BCUT2D eigenvalue weighted by atomic mass is 10.0. The standard InChI is InChI=1S/C25H39N3O7/c1-5-34-22(32)25-14-16(25)11-9-7-6-8-10-12-18(26-23(33)35-24(2,3)4)21(31)28-15-17(29)13-19(28)20(30)27-25/h9,11,16-19,29H,5-8,10,12-15H2,1-4H3,(H,26,33)(H,27,30)/b11-9+/t16-,17+,18+,19?,25-/m1/s1. The van der Waals surface area contributed by atoms with Crippen molar-refractivity contribution >= 4 is 23.9 Å². The predicted octanol–water partition coefficient (Wildman–Crippen LogP) is 1.80. The monoisotopic (exact) mass is 493 g/mol. The number of allylic oxidation sites excluding steroid dienone is 1. The number of hydrogen-bond acceptors (Lipinski definition) is 7. The molecule has 5 atom stereocenters. The number of nitrogens with one attached hydrogen (secondary N) is 2. The van der Waals surface area contributed by atoms with Crippen molar-refractivity contribution in [3.63, 3.8) is 0 Å². The molecule has 1 saturated carbocycles. The Kier molecular flexibility index (Phi) is 8.46. The molecule has 3 rings (SSSR count). The van der Waals surface area contributed by atoms with Gasteiger partial charge in [0.05, 0.1) is 12.7 Å². The van der Waals surface area contributed by atoms with Gasteiger partial charge in [0.15, 0.2) is 0 Å². The van der Waals surface area contributed by atoms with E-state index in [1.165, 1.54) is 4.90 Å². The van der Waals surface area contributed by atoms with Gasteiger partial charge in [-0.3, -0.25) is 9.59 Å². The van der Waals surface area contributed by atoms with Crippen LogP contribution in [0.3, 0.4) is 0 Å². The number of esters is 1. The van der Waals surface area contributed by atoms with Crippen LogP contribution in [0.25, 0.3) is 0 Å². The fourth-order valence-electron chi connectivity index (χ4n) is 4.77. The first kappa shape index (κ1) is 27.0. The lowest BCUT2D eigenvalue weighted by Crippen LogP contribution is -2.56. The summed E-state index contributed by atoms with van der Waals surface area (Å²) in [4.78, 5) is 53.4. The van der Waals surface area contributed by atoms with Gasteiger partial charge in [-0.1, -0.05) is 25.0 Å². The number of amides is 3. The number of ether oxygens (including phenoxy) is 2. The first-order valence-corrected chi connectivity index (χ1v) is 12.6. The SMILES string of the molecule is CCOC(=O)[C@@]12C[C@H]1/C=C/CCCCC[C@H](NC(=O)OC(C)(C)C)C(=O)N1C[C@@H](O)CC1C(=O)N2. The molecule has 10 heteroatoms. The Labute approximate surface area is 206 Å². The third-order valence-corrected chi connectivity index (χ3v) is 6.59. The van der Waals surface area contributed by atoms with Crippen molar-refractivity contribution in [2.45, 2.75) is 102 Å². The van der Waals surface area contributed by atoms with E-state index in [1.54, 1.807) is 27.7 Å². The highest BCUT2D eigenvalue weighted by Gasteiger charge is 2.62. The molecule has 0 bridgehead atoms. The Balaban J connectivity index is 1.84. The molecular formula is C25H39N3O7. The minimum atomic E-state index is -1.15. The number of nitrogens with zero attached hydrogens (tertiary/aromatic N) is 1. The van der Waals surface area contributed by atoms with Crippen LogP contribution in [0.5, 0.6) is 0 Å². The molecule has 2 aliphatic heterocycles. The molecule has 2 heterocycles. The highest BCUT2D eigenvalue weighted by molar-refractivity contribution is 5.96. The van der Waals surface area contributed by atoms with E-state index in [0.717, 1.165) is 19.3 Å². The van der Waals surface area contributed by atoms with Gasteiger partial charge in [-0.25, -0.2) is 9.59 Å². The van der Waals surface area contributed by atoms with E-state index in [0.29, 0.717) is 19.3 Å². The molecule has 3 N–H and O–H groups in total. The molecule has 3 amide bonds. The van der Waals surface area contributed by atoms with Crippen molar-refractivity contribution in [3.8, 4) is 0 Å². The largest absolute Gasteiger partial charge is 0.464 e. The van der Waals surface area contributed by atoms with Crippen LogP contribution in [0.1, 0.15) is 72.6 Å². The van der Waals surface area contributed by atoms with Crippen LogP contribution in [-0.4, -0.2) is 76.4 Å². The normalized spacial score (nSPS) is 32.8. The van der Waals surface area contributed by atoms with Gasteiger partial charge in [0, 0.05) is 18.9 Å². The molecule has 10 nitrogen and oxygen atoms in total. The van der Waals surface area contributed by atoms with Gasteiger partial charge >= 0.3 is 12.1 Å². The number of alkyl carbamates (subject to hydrolysis) is 1. The highest BCUT2D eigenvalue weighted by Crippen LogP contribution is 2.46. The van der Waals surface area contributed by atoms with Crippen molar-refractivity contribution in [1.29, 1.82) is 0 Å². The minimum absolute atomic E-state index is 0.0286. The van der Waals surface area contributed by atoms with Gasteiger partial charge in [0.2, 0.25) is 11.8 Å². The molecule has 196 valence electrons. The van der Waals surface area contributed by atoms with Gasteiger partial charge in [-0.15, -0.1) is 0 Å². The summed E-state index contributed by atoms with van der Waals surface area (Å²) in [5.41, 5.74) is -1.88. The summed E-state index contributed by atoms with van der Waals surface area (Å²) in [7, 11) is 0. The summed E-state index contributed by atoms with van der Waals surface area (Å²) in [5, 5.41) is 15.8.